The van der Waals surface area contributed by atoms with Gasteiger partial charge in [0.05, 0.1) is 25.4 Å². The summed E-state index contributed by atoms with van der Waals surface area (Å²) in [6.07, 6.45) is 28.2. The Morgan fingerprint density at radius 3 is 1.39 bits per heavy atom. The standard InChI is InChI=1S/C42H83NO8/c1-3-5-7-9-11-13-15-17-18-20-21-23-25-27-29-31-36(45)35(34-50-42-41(49)40(48)39(47)37(33-44)51-42)43-38(46)32-30-28-26-24-22-19-16-14-12-10-8-6-4-2/h35-37,39-42,44-45,47-49H,3-34H2,1-2H3,(H,43,46)/t35-,36+,37+,39+,40?,41?,42+/m0/s1. The van der Waals surface area contributed by atoms with Gasteiger partial charge >= 0.3 is 0 Å². The molecule has 0 aromatic rings. The van der Waals surface area contributed by atoms with Crippen LogP contribution in [0.15, 0.2) is 0 Å². The molecule has 0 aromatic carbocycles. The van der Waals surface area contributed by atoms with Crippen molar-refractivity contribution in [3.8, 4) is 0 Å². The third kappa shape index (κ3) is 25.0. The molecule has 1 saturated heterocycles. The van der Waals surface area contributed by atoms with Gasteiger partial charge in [-0.1, -0.05) is 187 Å². The van der Waals surface area contributed by atoms with Crippen molar-refractivity contribution in [1.82, 2.24) is 5.32 Å². The van der Waals surface area contributed by atoms with Crippen LogP contribution in [0.25, 0.3) is 0 Å². The van der Waals surface area contributed by atoms with Crippen LogP contribution >= 0.6 is 0 Å². The highest BCUT2D eigenvalue weighted by Crippen LogP contribution is 2.23. The normalized spacial score (nSPS) is 21.9. The van der Waals surface area contributed by atoms with Crippen molar-refractivity contribution in [2.45, 2.75) is 249 Å². The van der Waals surface area contributed by atoms with Gasteiger partial charge < -0.3 is 40.3 Å². The third-order valence-electron chi connectivity index (χ3n) is 10.7. The van der Waals surface area contributed by atoms with Crippen molar-refractivity contribution in [2.75, 3.05) is 13.2 Å². The van der Waals surface area contributed by atoms with Gasteiger partial charge in [-0.05, 0) is 12.8 Å². The molecule has 0 aromatic heterocycles. The largest absolute Gasteiger partial charge is 0.394 e. The molecule has 0 saturated carbocycles. The van der Waals surface area contributed by atoms with Gasteiger partial charge in [0.25, 0.3) is 0 Å². The lowest BCUT2D eigenvalue weighted by Crippen LogP contribution is -2.60. The molecule has 1 amide bonds. The lowest BCUT2D eigenvalue weighted by molar-refractivity contribution is -0.302. The van der Waals surface area contributed by atoms with E-state index >= 15 is 0 Å². The summed E-state index contributed by atoms with van der Waals surface area (Å²) in [5.41, 5.74) is 0. The molecule has 6 N–H and O–H groups in total. The van der Waals surface area contributed by atoms with Crippen molar-refractivity contribution >= 4 is 5.91 Å². The Morgan fingerprint density at radius 2 is 0.980 bits per heavy atom. The molecule has 1 rings (SSSR count). The number of hydrogen-bond donors (Lipinski definition) is 6. The van der Waals surface area contributed by atoms with Crippen molar-refractivity contribution < 1.29 is 39.8 Å². The highest BCUT2D eigenvalue weighted by atomic mass is 16.7. The van der Waals surface area contributed by atoms with Crippen LogP contribution in [-0.4, -0.2) is 87.5 Å². The van der Waals surface area contributed by atoms with Crippen LogP contribution in [-0.2, 0) is 14.3 Å². The SMILES string of the molecule is CCCCCCCCCCCCCCCCC[C@@H](O)[C@H](CO[C@@H]1O[C@H](CO)[C@@H](O)C(O)C1O)NC(=O)CCCCCCCCCCCCCCC. The number of amides is 1. The van der Waals surface area contributed by atoms with Crippen LogP contribution in [0, 0.1) is 0 Å². The summed E-state index contributed by atoms with van der Waals surface area (Å²) in [6, 6.07) is -0.710. The van der Waals surface area contributed by atoms with Crippen LogP contribution in [0.2, 0.25) is 0 Å². The summed E-state index contributed by atoms with van der Waals surface area (Å²) >= 11 is 0. The van der Waals surface area contributed by atoms with Crippen molar-refractivity contribution in [1.29, 1.82) is 0 Å². The van der Waals surface area contributed by atoms with E-state index in [2.05, 4.69) is 19.2 Å². The second kappa shape index (κ2) is 33.7. The number of hydrogen-bond acceptors (Lipinski definition) is 8. The zero-order valence-electron chi connectivity index (χ0n) is 33.1. The Kier molecular flexibility index (Phi) is 31.9. The van der Waals surface area contributed by atoms with Gasteiger partial charge in [-0.15, -0.1) is 0 Å². The highest BCUT2D eigenvalue weighted by Gasteiger charge is 2.44. The predicted molar refractivity (Wildman–Crippen MR) is 208 cm³/mol. The fourth-order valence-corrected chi connectivity index (χ4v) is 7.16. The fourth-order valence-electron chi connectivity index (χ4n) is 7.16. The summed E-state index contributed by atoms with van der Waals surface area (Å²) in [7, 11) is 0. The number of unbranched alkanes of at least 4 members (excludes halogenated alkanes) is 26. The van der Waals surface area contributed by atoms with Gasteiger partial charge in [0.1, 0.15) is 24.4 Å². The molecule has 0 spiro atoms. The molecule has 0 radical (unpaired) electrons. The monoisotopic (exact) mass is 730 g/mol. The lowest BCUT2D eigenvalue weighted by Gasteiger charge is -2.40. The number of carbonyl (C=O) groups excluding carboxylic acids is 1. The molecule has 1 aliphatic heterocycles. The smallest absolute Gasteiger partial charge is 0.220 e. The molecule has 9 heteroatoms. The van der Waals surface area contributed by atoms with Gasteiger partial charge in [0.2, 0.25) is 5.91 Å². The average Bonchev–Trinajstić information content (AvgIpc) is 3.13. The minimum atomic E-state index is -1.55. The van der Waals surface area contributed by atoms with Crippen LogP contribution in [0.3, 0.4) is 0 Å². The number of aliphatic hydroxyl groups excluding tert-OH is 5. The number of aliphatic hydroxyl groups is 5. The van der Waals surface area contributed by atoms with Gasteiger partial charge in [0, 0.05) is 6.42 Å². The Labute approximate surface area is 313 Å². The zero-order chi connectivity index (χ0) is 37.4. The molecule has 7 atom stereocenters. The van der Waals surface area contributed by atoms with Crippen LogP contribution in [0.4, 0.5) is 0 Å². The highest BCUT2D eigenvalue weighted by molar-refractivity contribution is 5.76. The molecule has 1 fully saturated rings. The Balaban J connectivity index is 2.35. The Morgan fingerprint density at radius 1 is 0.588 bits per heavy atom. The van der Waals surface area contributed by atoms with E-state index in [9.17, 15) is 30.3 Å². The quantitative estimate of drug-likeness (QED) is 0.0353. The second-order valence-electron chi connectivity index (χ2n) is 15.5. The maximum Gasteiger partial charge on any atom is 0.220 e. The number of rotatable bonds is 36. The summed E-state index contributed by atoms with van der Waals surface area (Å²) in [5, 5.41) is 54.2. The first-order valence-electron chi connectivity index (χ1n) is 21.7. The maximum atomic E-state index is 12.9. The zero-order valence-corrected chi connectivity index (χ0v) is 33.1. The maximum absolute atomic E-state index is 12.9. The van der Waals surface area contributed by atoms with E-state index in [1.54, 1.807) is 0 Å². The van der Waals surface area contributed by atoms with Crippen LogP contribution in [0.1, 0.15) is 206 Å². The molecule has 0 aliphatic carbocycles. The summed E-state index contributed by atoms with van der Waals surface area (Å²) in [4.78, 5) is 12.9. The van der Waals surface area contributed by atoms with E-state index in [0.717, 1.165) is 38.5 Å². The van der Waals surface area contributed by atoms with Crippen molar-refractivity contribution in [2.24, 2.45) is 0 Å². The van der Waals surface area contributed by atoms with E-state index in [1.807, 2.05) is 0 Å². The summed E-state index contributed by atoms with van der Waals surface area (Å²) in [5.74, 6) is -0.143. The average molecular weight is 730 g/mol. The molecule has 51 heavy (non-hydrogen) atoms. The summed E-state index contributed by atoms with van der Waals surface area (Å²) < 4.78 is 11.2. The summed E-state index contributed by atoms with van der Waals surface area (Å²) in [6.45, 7) is 3.83. The van der Waals surface area contributed by atoms with Gasteiger partial charge in [0.15, 0.2) is 6.29 Å². The second-order valence-corrected chi connectivity index (χ2v) is 15.5. The van der Waals surface area contributed by atoms with Gasteiger partial charge in [-0.25, -0.2) is 0 Å². The first kappa shape index (κ1) is 48.2. The van der Waals surface area contributed by atoms with E-state index < -0.39 is 49.5 Å². The van der Waals surface area contributed by atoms with Crippen LogP contribution in [0.5, 0.6) is 0 Å². The van der Waals surface area contributed by atoms with Gasteiger partial charge in [-0.2, -0.15) is 0 Å². The molecule has 1 aliphatic rings. The molecule has 9 nitrogen and oxygen atoms in total. The first-order chi connectivity index (χ1) is 24.8. The van der Waals surface area contributed by atoms with E-state index in [-0.39, 0.29) is 12.5 Å². The molecular formula is C42H83NO8. The minimum absolute atomic E-state index is 0.132. The molecule has 0 bridgehead atoms. The number of nitrogens with one attached hydrogen (secondary N) is 1. The molecule has 2 unspecified atom stereocenters. The fraction of sp³-hybridized carbons (Fsp3) is 0.976. The van der Waals surface area contributed by atoms with E-state index in [0.29, 0.717) is 12.8 Å². The Hall–Kier alpha value is -0.810. The molecule has 304 valence electrons. The first-order valence-corrected chi connectivity index (χ1v) is 21.7. The number of ether oxygens (including phenoxy) is 2. The molecular weight excluding hydrogens is 646 g/mol. The number of carbonyl (C=O) groups is 1. The lowest BCUT2D eigenvalue weighted by atomic mass is 9.99. The minimum Gasteiger partial charge on any atom is -0.394 e. The predicted octanol–water partition coefficient (Wildman–Crippen LogP) is 8.39. The van der Waals surface area contributed by atoms with E-state index in [1.165, 1.54) is 141 Å². The van der Waals surface area contributed by atoms with E-state index in [4.69, 9.17) is 9.47 Å². The topological polar surface area (TPSA) is 149 Å². The van der Waals surface area contributed by atoms with Crippen molar-refractivity contribution in [3.63, 3.8) is 0 Å². The molecule has 1 heterocycles. The van der Waals surface area contributed by atoms with Crippen LogP contribution < -0.4 is 5.32 Å². The van der Waals surface area contributed by atoms with Gasteiger partial charge in [-0.3, -0.25) is 4.79 Å². The Bertz CT molecular complexity index is 771. The third-order valence-corrected chi connectivity index (χ3v) is 10.7. The van der Waals surface area contributed by atoms with Crippen molar-refractivity contribution in [3.05, 3.63) is 0 Å².